The number of hydrogen-bond acceptors (Lipinski definition) is 4. The Hall–Kier alpha value is -2.79. The van der Waals surface area contributed by atoms with Crippen molar-refractivity contribution in [1.29, 1.82) is 0 Å². The van der Waals surface area contributed by atoms with Gasteiger partial charge >= 0.3 is 0 Å². The summed E-state index contributed by atoms with van der Waals surface area (Å²) in [6.45, 7) is 4.61. The van der Waals surface area contributed by atoms with Crippen molar-refractivity contribution in [2.75, 3.05) is 18.6 Å². The summed E-state index contributed by atoms with van der Waals surface area (Å²) in [6.07, 6.45) is 4.26. The molecule has 0 amide bonds. The van der Waals surface area contributed by atoms with Crippen molar-refractivity contribution in [3.63, 3.8) is 0 Å². The SMILES string of the molecule is CN1c2ccccc2-c2nn(CCO)c3cc4c(c1c23)C=CC(C)(C)O4. The monoisotopic (exact) mass is 347 g/mol. The first-order valence-corrected chi connectivity index (χ1v) is 8.90. The number of nitrogens with zero attached hydrogens (tertiary/aromatic N) is 3. The van der Waals surface area contributed by atoms with Crippen molar-refractivity contribution in [2.24, 2.45) is 0 Å². The number of fused-ring (bicyclic) bond motifs is 4. The molecule has 0 radical (unpaired) electrons. The van der Waals surface area contributed by atoms with Gasteiger partial charge in [-0.2, -0.15) is 5.10 Å². The van der Waals surface area contributed by atoms with E-state index in [0.29, 0.717) is 6.54 Å². The van der Waals surface area contributed by atoms with Crippen LogP contribution in [0.1, 0.15) is 19.4 Å². The van der Waals surface area contributed by atoms with E-state index in [-0.39, 0.29) is 12.2 Å². The number of aliphatic hydroxyl groups is 1. The van der Waals surface area contributed by atoms with Crippen molar-refractivity contribution in [2.45, 2.75) is 26.0 Å². The first kappa shape index (κ1) is 15.5. The lowest BCUT2D eigenvalue weighted by molar-refractivity contribution is 0.159. The smallest absolute Gasteiger partial charge is 0.132 e. The summed E-state index contributed by atoms with van der Waals surface area (Å²) >= 11 is 0. The molecule has 0 saturated carbocycles. The molecule has 0 spiro atoms. The molecule has 0 fully saturated rings. The van der Waals surface area contributed by atoms with Crippen LogP contribution in [0.3, 0.4) is 0 Å². The third kappa shape index (κ3) is 1.98. The second-order valence-electron chi connectivity index (χ2n) is 7.44. The summed E-state index contributed by atoms with van der Waals surface area (Å²) in [6, 6.07) is 10.4. The van der Waals surface area contributed by atoms with Gasteiger partial charge in [0.05, 0.1) is 35.4 Å². The number of aromatic nitrogens is 2. The fourth-order valence-corrected chi connectivity index (χ4v) is 4.04. The Labute approximate surface area is 152 Å². The van der Waals surface area contributed by atoms with Crippen LogP contribution in [0.15, 0.2) is 36.4 Å². The van der Waals surface area contributed by atoms with Crippen LogP contribution in [0.4, 0.5) is 11.4 Å². The van der Waals surface area contributed by atoms with E-state index in [1.54, 1.807) is 0 Å². The zero-order chi connectivity index (χ0) is 18.1. The maximum Gasteiger partial charge on any atom is 0.132 e. The summed E-state index contributed by atoms with van der Waals surface area (Å²) in [5, 5.41) is 15.5. The normalized spacial score (nSPS) is 16.4. The lowest BCUT2D eigenvalue weighted by Gasteiger charge is -2.33. The molecule has 5 rings (SSSR count). The first-order chi connectivity index (χ1) is 12.5. The van der Waals surface area contributed by atoms with Gasteiger partial charge in [0.2, 0.25) is 0 Å². The highest BCUT2D eigenvalue weighted by Crippen LogP contribution is 2.51. The molecule has 0 aliphatic carbocycles. The minimum Gasteiger partial charge on any atom is -0.483 e. The van der Waals surface area contributed by atoms with E-state index in [1.807, 2.05) is 16.8 Å². The average molecular weight is 347 g/mol. The fraction of sp³-hybridized carbons (Fsp3) is 0.286. The summed E-state index contributed by atoms with van der Waals surface area (Å²) in [5.41, 5.74) is 6.06. The van der Waals surface area contributed by atoms with E-state index in [9.17, 15) is 5.11 Å². The van der Waals surface area contributed by atoms with E-state index in [2.05, 4.69) is 56.1 Å². The first-order valence-electron chi connectivity index (χ1n) is 8.90. The number of rotatable bonds is 2. The second-order valence-corrected chi connectivity index (χ2v) is 7.44. The van der Waals surface area contributed by atoms with Crippen LogP contribution in [0, 0.1) is 0 Å². The van der Waals surface area contributed by atoms with Gasteiger partial charge in [-0.3, -0.25) is 4.68 Å². The minimum atomic E-state index is -0.344. The van der Waals surface area contributed by atoms with Gasteiger partial charge in [-0.05, 0) is 32.1 Å². The molecule has 3 heterocycles. The Kier molecular flexibility index (Phi) is 3.04. The Morgan fingerprint density at radius 1 is 1.23 bits per heavy atom. The summed E-state index contributed by atoms with van der Waals surface area (Å²) in [7, 11) is 2.09. The molecule has 1 N–H and O–H groups in total. The third-order valence-electron chi connectivity index (χ3n) is 5.21. The van der Waals surface area contributed by atoms with Crippen LogP contribution >= 0.6 is 0 Å². The Balaban J connectivity index is 1.91. The predicted molar refractivity (Wildman–Crippen MR) is 104 cm³/mol. The molecule has 0 unspecified atom stereocenters. The molecule has 0 atom stereocenters. The number of anilines is 2. The Bertz CT molecular complexity index is 1080. The van der Waals surface area contributed by atoms with Gasteiger partial charge in [0, 0.05) is 24.2 Å². The molecule has 2 aliphatic rings. The fourth-order valence-electron chi connectivity index (χ4n) is 4.04. The van der Waals surface area contributed by atoms with E-state index < -0.39 is 0 Å². The molecule has 0 bridgehead atoms. The highest BCUT2D eigenvalue weighted by Gasteiger charge is 2.32. The quantitative estimate of drug-likeness (QED) is 0.762. The second kappa shape index (κ2) is 5.11. The highest BCUT2D eigenvalue weighted by molar-refractivity contribution is 6.13. The molecular formula is C21H21N3O2. The van der Waals surface area contributed by atoms with Gasteiger partial charge in [-0.25, -0.2) is 0 Å². The molecule has 2 aromatic carbocycles. The maximum atomic E-state index is 9.50. The van der Waals surface area contributed by atoms with Crippen LogP contribution in [0.5, 0.6) is 5.75 Å². The number of aliphatic hydroxyl groups excluding tert-OH is 1. The molecular weight excluding hydrogens is 326 g/mol. The van der Waals surface area contributed by atoms with Crippen LogP contribution in [0.25, 0.3) is 28.2 Å². The Morgan fingerprint density at radius 3 is 2.85 bits per heavy atom. The molecule has 132 valence electrons. The minimum absolute atomic E-state index is 0.0480. The summed E-state index contributed by atoms with van der Waals surface area (Å²) in [4.78, 5) is 2.22. The zero-order valence-electron chi connectivity index (χ0n) is 15.2. The van der Waals surface area contributed by atoms with Gasteiger partial charge in [0.15, 0.2) is 0 Å². The zero-order valence-corrected chi connectivity index (χ0v) is 15.2. The van der Waals surface area contributed by atoms with Crippen LogP contribution in [0.2, 0.25) is 0 Å². The highest BCUT2D eigenvalue weighted by atomic mass is 16.5. The summed E-state index contributed by atoms with van der Waals surface area (Å²) < 4.78 is 8.14. The molecule has 0 saturated heterocycles. The Morgan fingerprint density at radius 2 is 2.04 bits per heavy atom. The largest absolute Gasteiger partial charge is 0.483 e. The molecule has 5 nitrogen and oxygen atoms in total. The van der Waals surface area contributed by atoms with Gasteiger partial charge < -0.3 is 14.7 Å². The molecule has 3 aromatic rings. The predicted octanol–water partition coefficient (Wildman–Crippen LogP) is 3.96. The average Bonchev–Trinajstić information content (AvgIpc) is 2.96. The van der Waals surface area contributed by atoms with Gasteiger partial charge in [0.25, 0.3) is 0 Å². The van der Waals surface area contributed by atoms with Gasteiger partial charge in [-0.15, -0.1) is 0 Å². The van der Waals surface area contributed by atoms with Crippen LogP contribution in [-0.2, 0) is 6.54 Å². The van der Waals surface area contributed by atoms with E-state index >= 15 is 0 Å². The van der Waals surface area contributed by atoms with Crippen molar-refractivity contribution in [3.05, 3.63) is 42.0 Å². The number of para-hydroxylation sites is 1. The standard InChI is InChI=1S/C21H21N3O2/c1-21(2)9-8-14-17(26-21)12-16-18-19(22-24(16)10-11-25)13-6-4-5-7-15(13)23(3)20(14)18/h4-9,12,25H,10-11H2,1-3H3. The number of benzene rings is 2. The van der Waals surface area contributed by atoms with E-state index in [4.69, 9.17) is 9.84 Å². The van der Waals surface area contributed by atoms with E-state index in [1.165, 1.54) is 0 Å². The van der Waals surface area contributed by atoms with Crippen molar-refractivity contribution in [1.82, 2.24) is 9.78 Å². The molecule has 1 aromatic heterocycles. The van der Waals surface area contributed by atoms with Crippen LogP contribution < -0.4 is 9.64 Å². The molecule has 5 heteroatoms. The van der Waals surface area contributed by atoms with Gasteiger partial charge in [-0.1, -0.05) is 18.2 Å². The lowest BCUT2D eigenvalue weighted by Crippen LogP contribution is -2.28. The van der Waals surface area contributed by atoms with E-state index in [0.717, 1.165) is 44.8 Å². The maximum absolute atomic E-state index is 9.50. The third-order valence-corrected chi connectivity index (χ3v) is 5.21. The topological polar surface area (TPSA) is 50.5 Å². The van der Waals surface area contributed by atoms with Crippen molar-refractivity contribution < 1.29 is 9.84 Å². The van der Waals surface area contributed by atoms with Gasteiger partial charge in [0.1, 0.15) is 17.0 Å². The molecule has 26 heavy (non-hydrogen) atoms. The summed E-state index contributed by atoms with van der Waals surface area (Å²) in [5.74, 6) is 0.858. The van der Waals surface area contributed by atoms with Crippen molar-refractivity contribution in [3.8, 4) is 17.0 Å². The van der Waals surface area contributed by atoms with Crippen LogP contribution in [-0.4, -0.2) is 34.1 Å². The number of hydrogen-bond donors (Lipinski definition) is 1. The number of ether oxygens (including phenoxy) is 1. The van der Waals surface area contributed by atoms with Crippen molar-refractivity contribution >= 4 is 28.4 Å². The molecule has 2 aliphatic heterocycles. The lowest BCUT2D eigenvalue weighted by atomic mass is 9.93.